The van der Waals surface area contributed by atoms with Crippen molar-refractivity contribution in [2.24, 2.45) is 11.0 Å². The first-order valence-electron chi connectivity index (χ1n) is 13.1. The summed E-state index contributed by atoms with van der Waals surface area (Å²) in [6.45, 7) is 4.66. The number of fused-ring (bicyclic) bond motifs is 1. The molecule has 0 saturated carbocycles. The number of esters is 1. The molecule has 2 aliphatic rings. The molecule has 1 atom stereocenters. The van der Waals surface area contributed by atoms with Crippen LogP contribution >= 0.6 is 0 Å². The average molecular weight is 476 g/mol. The number of hydrazone groups is 1. The summed E-state index contributed by atoms with van der Waals surface area (Å²) in [6, 6.07) is 13.7. The van der Waals surface area contributed by atoms with E-state index in [1.165, 1.54) is 30.4 Å². The Balaban J connectivity index is 1.29. The van der Waals surface area contributed by atoms with Gasteiger partial charge in [-0.3, -0.25) is 14.6 Å². The molecule has 1 heterocycles. The van der Waals surface area contributed by atoms with Crippen LogP contribution in [0.15, 0.2) is 47.6 Å². The Labute approximate surface area is 208 Å². The molecule has 1 aliphatic carbocycles. The normalized spacial score (nSPS) is 17.7. The van der Waals surface area contributed by atoms with Gasteiger partial charge in [0.05, 0.1) is 12.8 Å². The second-order valence-corrected chi connectivity index (χ2v) is 9.71. The molecule has 1 unspecified atom stereocenters. The summed E-state index contributed by atoms with van der Waals surface area (Å²) in [5.74, 6) is 0.115. The van der Waals surface area contributed by atoms with Crippen LogP contribution in [-0.4, -0.2) is 42.8 Å². The second-order valence-electron chi connectivity index (χ2n) is 9.71. The van der Waals surface area contributed by atoms with Crippen LogP contribution in [0.4, 0.5) is 5.69 Å². The fraction of sp³-hybridized carbons (Fsp3) is 0.483. The minimum Gasteiger partial charge on any atom is -0.466 e. The molecular formula is C29H37N3O3. The van der Waals surface area contributed by atoms with Crippen molar-refractivity contribution in [1.29, 1.82) is 0 Å². The number of hydrogen-bond acceptors (Lipinski definition) is 5. The fourth-order valence-corrected chi connectivity index (χ4v) is 4.77. The number of ether oxygens (including phenoxy) is 1. The number of nitrogens with one attached hydrogen (secondary N) is 1. The van der Waals surface area contributed by atoms with Gasteiger partial charge >= 0.3 is 5.97 Å². The predicted molar refractivity (Wildman–Crippen MR) is 140 cm³/mol. The highest BCUT2D eigenvalue weighted by atomic mass is 16.5. The number of benzene rings is 2. The van der Waals surface area contributed by atoms with Gasteiger partial charge in [0.1, 0.15) is 0 Å². The van der Waals surface area contributed by atoms with Crippen LogP contribution in [0.5, 0.6) is 0 Å². The molecule has 2 aromatic rings. The number of hydrogen-bond donors (Lipinski definition) is 1. The minimum absolute atomic E-state index is 0.0910. The summed E-state index contributed by atoms with van der Waals surface area (Å²) < 4.78 is 5.33. The van der Waals surface area contributed by atoms with Crippen molar-refractivity contribution in [3.8, 4) is 0 Å². The summed E-state index contributed by atoms with van der Waals surface area (Å²) in [6.07, 6.45) is 10.7. The smallest absolute Gasteiger partial charge is 0.306 e. The predicted octanol–water partition coefficient (Wildman–Crippen LogP) is 5.60. The number of carbonyl (C=O) groups is 2. The van der Waals surface area contributed by atoms with E-state index in [-0.39, 0.29) is 11.9 Å². The van der Waals surface area contributed by atoms with Gasteiger partial charge in [0.15, 0.2) is 0 Å². The largest absolute Gasteiger partial charge is 0.466 e. The van der Waals surface area contributed by atoms with Crippen LogP contribution in [0.2, 0.25) is 0 Å². The molecule has 1 saturated heterocycles. The molecule has 1 N–H and O–H groups in total. The number of carbonyl (C=O) groups excluding carboxylic acids is 2. The molecule has 0 bridgehead atoms. The van der Waals surface area contributed by atoms with Gasteiger partial charge in [0, 0.05) is 30.8 Å². The molecule has 35 heavy (non-hydrogen) atoms. The highest BCUT2D eigenvalue weighted by Gasteiger charge is 2.22. The third kappa shape index (κ3) is 7.41. The zero-order valence-electron chi connectivity index (χ0n) is 20.8. The Morgan fingerprint density at radius 1 is 1.09 bits per heavy atom. The fourth-order valence-electron chi connectivity index (χ4n) is 4.77. The van der Waals surface area contributed by atoms with Gasteiger partial charge in [-0.25, -0.2) is 0 Å². The van der Waals surface area contributed by atoms with Crippen LogP contribution in [0.3, 0.4) is 0 Å². The Morgan fingerprint density at radius 3 is 2.66 bits per heavy atom. The summed E-state index contributed by atoms with van der Waals surface area (Å²) >= 11 is 0. The van der Waals surface area contributed by atoms with Crippen molar-refractivity contribution < 1.29 is 14.3 Å². The molecule has 2 aromatic carbocycles. The lowest BCUT2D eigenvalue weighted by atomic mass is 9.81. The van der Waals surface area contributed by atoms with Gasteiger partial charge in [0.25, 0.3) is 5.91 Å². The third-order valence-corrected chi connectivity index (χ3v) is 6.89. The quantitative estimate of drug-likeness (QED) is 0.291. The summed E-state index contributed by atoms with van der Waals surface area (Å²) in [5.41, 5.74) is 4.89. The summed E-state index contributed by atoms with van der Waals surface area (Å²) in [5, 5.41) is 9.69. The van der Waals surface area contributed by atoms with E-state index in [1.807, 2.05) is 48.7 Å². The van der Waals surface area contributed by atoms with Crippen molar-refractivity contribution >= 4 is 23.8 Å². The van der Waals surface area contributed by atoms with Crippen LogP contribution < -0.4 is 5.32 Å². The number of piperidine rings is 1. The Hall–Kier alpha value is -3.15. The first-order valence-corrected chi connectivity index (χ1v) is 13.1. The highest BCUT2D eigenvalue weighted by molar-refractivity contribution is 6.04. The standard InChI is InChI=1S/C29H37N3O3/c1-2-3-17-35-28(33)19-23-7-10-25-20-26(12-11-24(25)18-23)29(34)31-27-13-8-22(9-14-27)21-30-32-15-5-4-6-16-32/h8-9,11-14,20-21,23H,2-7,10,15-19H2,1H3,(H,31,34)/b30-21+. The Bertz CT molecular complexity index is 1030. The zero-order valence-corrected chi connectivity index (χ0v) is 20.8. The van der Waals surface area contributed by atoms with Crippen LogP contribution in [0.25, 0.3) is 0 Å². The Kier molecular flexibility index (Phi) is 8.93. The molecule has 6 nitrogen and oxygen atoms in total. The summed E-state index contributed by atoms with van der Waals surface area (Å²) in [4.78, 5) is 24.9. The van der Waals surface area contributed by atoms with Gasteiger partial charge in [0.2, 0.25) is 0 Å². The van der Waals surface area contributed by atoms with Crippen molar-refractivity contribution in [2.75, 3.05) is 25.0 Å². The number of aryl methyl sites for hydroxylation is 1. The van der Waals surface area contributed by atoms with Gasteiger partial charge in [-0.1, -0.05) is 31.5 Å². The lowest BCUT2D eigenvalue weighted by Crippen LogP contribution is -2.24. The van der Waals surface area contributed by atoms with Crippen LogP contribution in [0, 0.1) is 5.92 Å². The molecule has 1 amide bonds. The van der Waals surface area contributed by atoms with Gasteiger partial charge in [-0.05, 0) is 91.8 Å². The molecule has 0 radical (unpaired) electrons. The van der Waals surface area contributed by atoms with Gasteiger partial charge in [-0.15, -0.1) is 0 Å². The first-order chi connectivity index (χ1) is 17.1. The number of rotatable bonds is 9. The highest BCUT2D eigenvalue weighted by Crippen LogP contribution is 2.29. The maximum absolute atomic E-state index is 12.8. The lowest BCUT2D eigenvalue weighted by molar-refractivity contribution is -0.145. The maximum Gasteiger partial charge on any atom is 0.306 e. The number of unbranched alkanes of at least 4 members (excludes halogenated alkanes) is 1. The Morgan fingerprint density at radius 2 is 1.89 bits per heavy atom. The minimum atomic E-state index is -0.107. The molecule has 0 aromatic heterocycles. The van der Waals surface area contributed by atoms with Crippen molar-refractivity contribution in [2.45, 2.75) is 64.7 Å². The van der Waals surface area contributed by atoms with E-state index < -0.39 is 0 Å². The monoisotopic (exact) mass is 475 g/mol. The molecule has 6 heteroatoms. The third-order valence-electron chi connectivity index (χ3n) is 6.89. The van der Waals surface area contributed by atoms with E-state index in [4.69, 9.17) is 4.74 Å². The SMILES string of the molecule is CCCCOC(=O)CC1CCc2cc(C(=O)Nc3ccc(/C=N/N4CCCCC4)cc3)ccc2C1. The molecule has 186 valence electrons. The van der Waals surface area contributed by atoms with Crippen molar-refractivity contribution in [3.63, 3.8) is 0 Å². The molecule has 1 fully saturated rings. The van der Waals surface area contributed by atoms with Crippen LogP contribution in [0.1, 0.15) is 78.9 Å². The van der Waals surface area contributed by atoms with E-state index in [2.05, 4.69) is 22.4 Å². The molecule has 0 spiro atoms. The zero-order chi connectivity index (χ0) is 24.5. The number of anilines is 1. The molecule has 4 rings (SSSR count). The van der Waals surface area contributed by atoms with Crippen molar-refractivity contribution in [1.82, 2.24) is 5.01 Å². The average Bonchev–Trinajstić information content (AvgIpc) is 2.88. The lowest BCUT2D eigenvalue weighted by Gasteiger charge is -2.24. The second kappa shape index (κ2) is 12.5. The van der Waals surface area contributed by atoms with E-state index in [1.54, 1.807) is 0 Å². The molecule has 1 aliphatic heterocycles. The topological polar surface area (TPSA) is 71.0 Å². The van der Waals surface area contributed by atoms with E-state index >= 15 is 0 Å². The first kappa shape index (κ1) is 25.0. The van der Waals surface area contributed by atoms with Gasteiger partial charge < -0.3 is 10.1 Å². The van der Waals surface area contributed by atoms with E-state index in [0.717, 1.165) is 56.4 Å². The van der Waals surface area contributed by atoms with Crippen LogP contribution in [-0.2, 0) is 22.4 Å². The molecular weight excluding hydrogens is 438 g/mol. The van der Waals surface area contributed by atoms with E-state index in [9.17, 15) is 9.59 Å². The summed E-state index contributed by atoms with van der Waals surface area (Å²) in [7, 11) is 0. The van der Waals surface area contributed by atoms with Crippen molar-refractivity contribution in [3.05, 3.63) is 64.7 Å². The number of amides is 1. The maximum atomic E-state index is 12.8. The van der Waals surface area contributed by atoms with Gasteiger partial charge in [-0.2, -0.15) is 5.10 Å². The van der Waals surface area contributed by atoms with E-state index in [0.29, 0.717) is 24.5 Å². The number of nitrogens with zero attached hydrogens (tertiary/aromatic N) is 2.